The first-order chi connectivity index (χ1) is 5.18. The van der Waals surface area contributed by atoms with Crippen molar-refractivity contribution in [1.82, 2.24) is 0 Å². The van der Waals surface area contributed by atoms with Crippen LogP contribution in [0.25, 0.3) is 0 Å². The zero-order valence-electron chi connectivity index (χ0n) is 6.46. The summed E-state index contributed by atoms with van der Waals surface area (Å²) in [5, 5.41) is 3.10. The maximum absolute atomic E-state index is 4.17. The van der Waals surface area contributed by atoms with E-state index in [1.165, 1.54) is 0 Å². The van der Waals surface area contributed by atoms with Crippen molar-refractivity contribution in [1.29, 1.82) is 0 Å². The molecular formula is C9H11NS. The summed E-state index contributed by atoms with van der Waals surface area (Å²) in [7, 11) is 0. The predicted octanol–water partition coefficient (Wildman–Crippen LogP) is 2.92. The molecule has 11 heavy (non-hydrogen) atoms. The molecule has 0 aliphatic carbocycles. The Kier molecular flexibility index (Phi) is 2.60. The van der Waals surface area contributed by atoms with E-state index in [4.69, 9.17) is 0 Å². The second-order valence-electron chi connectivity index (χ2n) is 2.45. The van der Waals surface area contributed by atoms with Crippen LogP contribution in [-0.4, -0.2) is 0 Å². The first kappa shape index (κ1) is 8.21. The lowest BCUT2D eigenvalue weighted by atomic mass is 10.3. The monoisotopic (exact) mass is 165 g/mol. The third-order valence-electron chi connectivity index (χ3n) is 1.23. The Hall–Kier alpha value is -0.890. The van der Waals surface area contributed by atoms with E-state index in [0.29, 0.717) is 0 Å². The van der Waals surface area contributed by atoms with Crippen molar-refractivity contribution < 1.29 is 0 Å². The molecule has 0 atom stereocenters. The van der Waals surface area contributed by atoms with Crippen LogP contribution in [0.15, 0.2) is 41.4 Å². The SMILES string of the molecule is C=C(C)Nc1ccc(S)cc1. The Morgan fingerprint density at radius 3 is 2.36 bits per heavy atom. The number of allylic oxidation sites excluding steroid dienone is 1. The van der Waals surface area contributed by atoms with Crippen LogP contribution in [0.2, 0.25) is 0 Å². The van der Waals surface area contributed by atoms with Crippen molar-refractivity contribution in [3.63, 3.8) is 0 Å². The molecule has 1 N–H and O–H groups in total. The van der Waals surface area contributed by atoms with Crippen LogP contribution in [0.3, 0.4) is 0 Å². The Morgan fingerprint density at radius 2 is 1.91 bits per heavy atom. The quantitative estimate of drug-likeness (QED) is 0.642. The summed E-state index contributed by atoms with van der Waals surface area (Å²) in [6.07, 6.45) is 0. The molecule has 1 nitrogen and oxygen atoms in total. The zero-order chi connectivity index (χ0) is 8.27. The van der Waals surface area contributed by atoms with Gasteiger partial charge < -0.3 is 5.32 Å². The van der Waals surface area contributed by atoms with E-state index in [9.17, 15) is 0 Å². The highest BCUT2D eigenvalue weighted by Crippen LogP contribution is 2.12. The first-order valence-electron chi connectivity index (χ1n) is 3.40. The Balaban J connectivity index is 2.74. The minimum absolute atomic E-state index is 0.942. The van der Waals surface area contributed by atoms with Crippen molar-refractivity contribution in [3.05, 3.63) is 36.5 Å². The lowest BCUT2D eigenvalue weighted by Crippen LogP contribution is -1.92. The molecule has 1 rings (SSSR count). The van der Waals surface area contributed by atoms with Gasteiger partial charge in [0.05, 0.1) is 0 Å². The highest BCUT2D eigenvalue weighted by atomic mass is 32.1. The average Bonchev–Trinajstić information content (AvgIpc) is 1.93. The standard InChI is InChI=1S/C9H11NS/c1-7(2)10-8-3-5-9(11)6-4-8/h3-6,10-11H,1H2,2H3. The van der Waals surface area contributed by atoms with Crippen molar-refractivity contribution in [3.8, 4) is 0 Å². The van der Waals surface area contributed by atoms with E-state index < -0.39 is 0 Å². The van der Waals surface area contributed by atoms with E-state index in [-0.39, 0.29) is 0 Å². The van der Waals surface area contributed by atoms with Gasteiger partial charge in [0.2, 0.25) is 0 Å². The van der Waals surface area contributed by atoms with Crippen LogP contribution in [0, 0.1) is 0 Å². The van der Waals surface area contributed by atoms with Gasteiger partial charge in [-0.25, -0.2) is 0 Å². The van der Waals surface area contributed by atoms with Crippen LogP contribution in [0.4, 0.5) is 5.69 Å². The van der Waals surface area contributed by atoms with E-state index >= 15 is 0 Å². The molecule has 0 saturated heterocycles. The maximum Gasteiger partial charge on any atom is 0.0382 e. The fraction of sp³-hybridized carbons (Fsp3) is 0.111. The molecule has 0 spiro atoms. The fourth-order valence-corrected chi connectivity index (χ4v) is 0.940. The van der Waals surface area contributed by atoms with Gasteiger partial charge in [-0.2, -0.15) is 0 Å². The third kappa shape index (κ3) is 2.68. The first-order valence-corrected chi connectivity index (χ1v) is 3.85. The summed E-state index contributed by atoms with van der Waals surface area (Å²) in [6, 6.07) is 7.82. The number of hydrogen-bond donors (Lipinski definition) is 2. The summed E-state index contributed by atoms with van der Waals surface area (Å²) < 4.78 is 0. The van der Waals surface area contributed by atoms with Gasteiger partial charge in [-0.15, -0.1) is 12.6 Å². The van der Waals surface area contributed by atoms with Crippen LogP contribution >= 0.6 is 12.6 Å². The molecule has 2 heteroatoms. The van der Waals surface area contributed by atoms with Gasteiger partial charge in [0.1, 0.15) is 0 Å². The number of thiol groups is 1. The topological polar surface area (TPSA) is 12.0 Å². The van der Waals surface area contributed by atoms with Crippen LogP contribution in [0.5, 0.6) is 0 Å². The summed E-state index contributed by atoms with van der Waals surface area (Å²) in [6.45, 7) is 5.67. The normalized spacial score (nSPS) is 9.27. The molecule has 0 aromatic heterocycles. The van der Waals surface area contributed by atoms with Gasteiger partial charge in [-0.1, -0.05) is 6.58 Å². The summed E-state index contributed by atoms with van der Waals surface area (Å²) in [4.78, 5) is 0.970. The minimum atomic E-state index is 0.942. The maximum atomic E-state index is 4.17. The Bertz CT molecular complexity index is 251. The van der Waals surface area contributed by atoms with Crippen molar-refractivity contribution in [2.24, 2.45) is 0 Å². The Labute approximate surface area is 72.5 Å². The highest BCUT2D eigenvalue weighted by molar-refractivity contribution is 7.80. The largest absolute Gasteiger partial charge is 0.360 e. The average molecular weight is 165 g/mol. The minimum Gasteiger partial charge on any atom is -0.360 e. The van der Waals surface area contributed by atoms with E-state index in [2.05, 4.69) is 24.5 Å². The van der Waals surface area contributed by atoms with E-state index in [1.54, 1.807) is 0 Å². The summed E-state index contributed by atoms with van der Waals surface area (Å²) in [5.74, 6) is 0. The fourth-order valence-electron chi connectivity index (χ4n) is 0.791. The molecule has 0 bridgehead atoms. The van der Waals surface area contributed by atoms with E-state index in [0.717, 1.165) is 16.3 Å². The smallest absolute Gasteiger partial charge is 0.0382 e. The van der Waals surface area contributed by atoms with Gasteiger partial charge in [0.15, 0.2) is 0 Å². The molecule has 0 radical (unpaired) electrons. The number of benzene rings is 1. The van der Waals surface area contributed by atoms with Gasteiger partial charge >= 0.3 is 0 Å². The molecular weight excluding hydrogens is 154 g/mol. The molecule has 0 amide bonds. The number of hydrogen-bond acceptors (Lipinski definition) is 2. The van der Waals surface area contributed by atoms with E-state index in [1.807, 2.05) is 31.2 Å². The number of nitrogens with one attached hydrogen (secondary N) is 1. The lowest BCUT2D eigenvalue weighted by molar-refractivity contribution is 1.37. The summed E-state index contributed by atoms with van der Waals surface area (Å²) in [5.41, 5.74) is 1.99. The predicted molar refractivity (Wildman–Crippen MR) is 52.1 cm³/mol. The van der Waals surface area contributed by atoms with Crippen LogP contribution in [0.1, 0.15) is 6.92 Å². The Morgan fingerprint density at radius 1 is 1.36 bits per heavy atom. The second-order valence-corrected chi connectivity index (χ2v) is 2.97. The number of rotatable bonds is 2. The van der Waals surface area contributed by atoms with Gasteiger partial charge in [-0.3, -0.25) is 0 Å². The van der Waals surface area contributed by atoms with Crippen molar-refractivity contribution in [2.45, 2.75) is 11.8 Å². The molecule has 0 unspecified atom stereocenters. The molecule has 1 aromatic rings. The molecule has 0 aliphatic rings. The third-order valence-corrected chi connectivity index (χ3v) is 1.52. The highest BCUT2D eigenvalue weighted by Gasteiger charge is 1.89. The summed E-state index contributed by atoms with van der Waals surface area (Å²) >= 11 is 4.17. The molecule has 0 saturated carbocycles. The van der Waals surface area contributed by atoms with Gasteiger partial charge in [0.25, 0.3) is 0 Å². The number of anilines is 1. The van der Waals surface area contributed by atoms with Gasteiger partial charge in [-0.05, 0) is 31.2 Å². The molecule has 0 heterocycles. The molecule has 0 fully saturated rings. The van der Waals surface area contributed by atoms with Crippen LogP contribution in [-0.2, 0) is 0 Å². The molecule has 1 aromatic carbocycles. The van der Waals surface area contributed by atoms with Crippen LogP contribution < -0.4 is 5.32 Å². The molecule has 58 valence electrons. The zero-order valence-corrected chi connectivity index (χ0v) is 7.36. The second kappa shape index (κ2) is 3.49. The van der Waals surface area contributed by atoms with Crippen molar-refractivity contribution in [2.75, 3.05) is 5.32 Å². The lowest BCUT2D eigenvalue weighted by Gasteiger charge is -2.03. The molecule has 0 aliphatic heterocycles. The van der Waals surface area contributed by atoms with Crippen molar-refractivity contribution >= 4 is 18.3 Å². The van der Waals surface area contributed by atoms with Gasteiger partial charge in [0, 0.05) is 16.3 Å².